The van der Waals surface area contributed by atoms with Gasteiger partial charge in [0, 0.05) is 49.6 Å². The summed E-state index contributed by atoms with van der Waals surface area (Å²) in [5, 5.41) is 15.3. The van der Waals surface area contributed by atoms with E-state index in [1.807, 2.05) is 19.9 Å². The molecule has 13 heteroatoms. The van der Waals surface area contributed by atoms with Crippen molar-refractivity contribution >= 4 is 29.2 Å². The maximum atomic E-state index is 14.3. The molecule has 0 aliphatic carbocycles. The molecule has 0 unspecified atom stereocenters. The van der Waals surface area contributed by atoms with Crippen molar-refractivity contribution < 1.29 is 42.1 Å². The van der Waals surface area contributed by atoms with Crippen LogP contribution in [0, 0.1) is 5.92 Å². The van der Waals surface area contributed by atoms with Crippen LogP contribution in [-0.4, -0.2) is 84.4 Å². The summed E-state index contributed by atoms with van der Waals surface area (Å²) in [6.45, 7) is 6.15. The Bertz CT molecular complexity index is 1590. The topological polar surface area (TPSA) is 120 Å². The summed E-state index contributed by atoms with van der Waals surface area (Å²) in [6, 6.07) is 16.3. The molecule has 4 atom stereocenters. The van der Waals surface area contributed by atoms with Crippen LogP contribution in [0.4, 0.5) is 29.3 Å². The molecule has 0 spiro atoms. The summed E-state index contributed by atoms with van der Waals surface area (Å²) < 4.78 is 51.4. The van der Waals surface area contributed by atoms with E-state index in [9.17, 15) is 32.7 Å². The molecule has 3 N–H and O–H groups in total. The van der Waals surface area contributed by atoms with E-state index in [-0.39, 0.29) is 54.6 Å². The van der Waals surface area contributed by atoms with E-state index in [4.69, 9.17) is 9.47 Å². The van der Waals surface area contributed by atoms with Gasteiger partial charge in [0.25, 0.3) is 11.8 Å². The Balaban J connectivity index is 1.59. The molecule has 270 valence electrons. The summed E-state index contributed by atoms with van der Waals surface area (Å²) in [7, 11) is 1.72. The summed E-state index contributed by atoms with van der Waals surface area (Å²) in [5.41, 5.74) is 0.251. The van der Waals surface area contributed by atoms with Gasteiger partial charge in [0.15, 0.2) is 0 Å². The van der Waals surface area contributed by atoms with Gasteiger partial charge in [-0.15, -0.1) is 0 Å². The molecule has 50 heavy (non-hydrogen) atoms. The van der Waals surface area contributed by atoms with Crippen LogP contribution < -0.4 is 15.4 Å². The zero-order chi connectivity index (χ0) is 36.4. The molecule has 0 saturated heterocycles. The first-order valence-electron chi connectivity index (χ1n) is 16.7. The fraction of sp³-hybridized carbons (Fsp3) is 0.432. The lowest BCUT2D eigenvalue weighted by Gasteiger charge is -2.36. The largest absolute Gasteiger partial charge is 0.490 e. The molecule has 0 saturated carbocycles. The highest BCUT2D eigenvalue weighted by atomic mass is 19.4. The van der Waals surface area contributed by atoms with Crippen molar-refractivity contribution in [2.45, 2.75) is 64.5 Å². The number of ether oxygens (including phenoxy) is 2. The lowest BCUT2D eigenvalue weighted by molar-refractivity contribution is -0.137. The van der Waals surface area contributed by atoms with Crippen molar-refractivity contribution in [1.29, 1.82) is 0 Å². The highest BCUT2D eigenvalue weighted by Crippen LogP contribution is 2.31. The van der Waals surface area contributed by atoms with E-state index in [0.717, 1.165) is 37.1 Å². The van der Waals surface area contributed by atoms with Crippen LogP contribution in [0.25, 0.3) is 0 Å². The first-order valence-corrected chi connectivity index (χ1v) is 16.7. The number of hydrogen-bond acceptors (Lipinski definition) is 6. The average Bonchev–Trinajstić information content (AvgIpc) is 3.09. The number of carbonyl (C=O) groups excluding carboxylic acids is 3. The second-order valence-electron chi connectivity index (χ2n) is 12.7. The zero-order valence-electron chi connectivity index (χ0n) is 28.7. The van der Waals surface area contributed by atoms with Crippen molar-refractivity contribution in [2.24, 2.45) is 5.92 Å². The number of halogens is 3. The number of nitrogens with one attached hydrogen (secondary N) is 2. The highest BCUT2D eigenvalue weighted by Gasteiger charge is 2.32. The smallest absolute Gasteiger partial charge is 0.416 e. The number of amides is 4. The first-order chi connectivity index (χ1) is 23.8. The molecular formula is C37H45F3N4O6. The molecule has 0 fully saturated rings. The number of carbonyl (C=O) groups is 3. The van der Waals surface area contributed by atoms with Gasteiger partial charge in [-0.1, -0.05) is 25.1 Å². The third kappa shape index (κ3) is 10.4. The van der Waals surface area contributed by atoms with Gasteiger partial charge in [0.2, 0.25) is 0 Å². The predicted octanol–water partition coefficient (Wildman–Crippen LogP) is 6.92. The Morgan fingerprint density at radius 3 is 2.32 bits per heavy atom. The lowest BCUT2D eigenvalue weighted by atomic mass is 10.0. The SMILES string of the molecule is C[C@@H]1CN([C@@H](C)CO)C(=O)c2cc(NC(=O)Nc3ccc(C(F)(F)F)cc3)ccc2O[C@@H](C)CCCCO[C@H]1CN(C)C(=O)c1ccccc1. The number of likely N-dealkylation sites (N-methyl/N-ethyl adjacent to an activating group) is 1. The fourth-order valence-corrected chi connectivity index (χ4v) is 5.65. The molecule has 3 aromatic rings. The van der Waals surface area contributed by atoms with Gasteiger partial charge in [-0.3, -0.25) is 9.59 Å². The summed E-state index contributed by atoms with van der Waals surface area (Å²) in [4.78, 5) is 43.5. The third-order valence-corrected chi connectivity index (χ3v) is 8.60. The van der Waals surface area contributed by atoms with Crippen molar-refractivity contribution in [1.82, 2.24) is 9.80 Å². The number of fused-ring (bicyclic) bond motifs is 1. The first kappa shape index (κ1) is 38.2. The van der Waals surface area contributed by atoms with Crippen LogP contribution in [0.2, 0.25) is 0 Å². The normalized spacial score (nSPS) is 19.7. The number of nitrogens with zero attached hydrogens (tertiary/aromatic N) is 2. The Labute approximate surface area is 290 Å². The van der Waals surface area contributed by atoms with Crippen LogP contribution in [0.5, 0.6) is 5.75 Å². The lowest BCUT2D eigenvalue weighted by Crippen LogP contribution is -2.48. The molecule has 10 nitrogen and oxygen atoms in total. The van der Waals surface area contributed by atoms with Crippen LogP contribution >= 0.6 is 0 Å². The number of rotatable bonds is 7. The highest BCUT2D eigenvalue weighted by molar-refractivity contribution is 6.02. The van der Waals surface area contributed by atoms with Crippen LogP contribution in [0.1, 0.15) is 66.3 Å². The van der Waals surface area contributed by atoms with E-state index in [0.29, 0.717) is 24.3 Å². The second kappa shape index (κ2) is 17.3. The molecule has 0 aromatic heterocycles. The molecule has 0 radical (unpaired) electrons. The van der Waals surface area contributed by atoms with Gasteiger partial charge in [-0.05, 0) is 87.7 Å². The minimum Gasteiger partial charge on any atom is -0.490 e. The van der Waals surface area contributed by atoms with Gasteiger partial charge >= 0.3 is 12.2 Å². The van der Waals surface area contributed by atoms with Crippen molar-refractivity contribution in [3.63, 3.8) is 0 Å². The Kier molecular flexibility index (Phi) is 13.3. The fourth-order valence-electron chi connectivity index (χ4n) is 5.65. The van der Waals surface area contributed by atoms with Gasteiger partial charge in [0.1, 0.15) is 5.75 Å². The molecule has 4 rings (SSSR count). The van der Waals surface area contributed by atoms with E-state index < -0.39 is 35.8 Å². The molecule has 1 heterocycles. The number of aliphatic hydroxyl groups is 1. The monoisotopic (exact) mass is 698 g/mol. The van der Waals surface area contributed by atoms with Crippen LogP contribution in [-0.2, 0) is 10.9 Å². The second-order valence-corrected chi connectivity index (χ2v) is 12.7. The molecule has 0 bridgehead atoms. The quantitative estimate of drug-likeness (QED) is 0.247. The van der Waals surface area contributed by atoms with E-state index in [1.165, 1.54) is 11.0 Å². The molecule has 1 aliphatic rings. The summed E-state index contributed by atoms with van der Waals surface area (Å²) in [6.07, 6.45) is -2.97. The molecule has 1 aliphatic heterocycles. The molecular weight excluding hydrogens is 653 g/mol. The maximum Gasteiger partial charge on any atom is 0.416 e. The predicted molar refractivity (Wildman–Crippen MR) is 184 cm³/mol. The minimum absolute atomic E-state index is 0.145. The van der Waals surface area contributed by atoms with Gasteiger partial charge in [-0.2, -0.15) is 13.2 Å². The van der Waals surface area contributed by atoms with Crippen molar-refractivity contribution in [3.05, 3.63) is 89.5 Å². The number of aliphatic hydroxyl groups excluding tert-OH is 1. The Morgan fingerprint density at radius 1 is 1.00 bits per heavy atom. The van der Waals surface area contributed by atoms with Gasteiger partial charge < -0.3 is 35.0 Å². The van der Waals surface area contributed by atoms with E-state index >= 15 is 0 Å². The van der Waals surface area contributed by atoms with Gasteiger partial charge in [-0.25, -0.2) is 4.79 Å². The number of benzene rings is 3. The van der Waals surface area contributed by atoms with E-state index in [1.54, 1.807) is 55.3 Å². The standard InChI is InChI=1S/C37H45F3N4O6/c1-24-21-44(25(2)23-45)35(47)31-20-30(42-36(48)41-29-15-13-28(14-16-29)37(38,39)40)17-18-32(31)50-26(3)10-8-9-19-49-33(24)22-43(4)34(46)27-11-6-5-7-12-27/h5-7,11-18,20,24-26,33,45H,8-10,19,21-23H2,1-4H3,(H2,41,42,48)/t24-,25+,26+,33+/m1/s1. The summed E-state index contributed by atoms with van der Waals surface area (Å²) in [5.74, 6) is -0.560. The molecule has 4 amide bonds. The van der Waals surface area contributed by atoms with Gasteiger partial charge in [0.05, 0.1) is 36.0 Å². The van der Waals surface area contributed by atoms with Crippen LogP contribution in [0.15, 0.2) is 72.8 Å². The summed E-state index contributed by atoms with van der Waals surface area (Å²) >= 11 is 0. The van der Waals surface area contributed by atoms with Crippen LogP contribution in [0.3, 0.4) is 0 Å². The number of hydrogen-bond donors (Lipinski definition) is 3. The zero-order valence-corrected chi connectivity index (χ0v) is 28.7. The number of urea groups is 1. The Morgan fingerprint density at radius 2 is 1.66 bits per heavy atom. The van der Waals surface area contributed by atoms with Crippen molar-refractivity contribution in [3.8, 4) is 5.75 Å². The van der Waals surface area contributed by atoms with E-state index in [2.05, 4.69) is 10.6 Å². The molecule has 3 aromatic carbocycles. The minimum atomic E-state index is -4.51. The number of alkyl halides is 3. The number of anilines is 2. The van der Waals surface area contributed by atoms with Crippen molar-refractivity contribution in [2.75, 3.05) is 44.0 Å². The third-order valence-electron chi connectivity index (χ3n) is 8.60. The Hall–Kier alpha value is -4.62. The maximum absolute atomic E-state index is 14.3. The average molecular weight is 699 g/mol.